The molecule has 2 heteroatoms. The first-order chi connectivity index (χ1) is 7.43. The van der Waals surface area contributed by atoms with Crippen molar-refractivity contribution in [3.63, 3.8) is 0 Å². The summed E-state index contributed by atoms with van der Waals surface area (Å²) in [5.41, 5.74) is 1.20. The van der Waals surface area contributed by atoms with Gasteiger partial charge in [-0.05, 0) is 11.8 Å². The van der Waals surface area contributed by atoms with E-state index in [2.05, 4.69) is 30.2 Å². The van der Waals surface area contributed by atoms with Gasteiger partial charge in [-0.25, -0.2) is 0 Å². The predicted molar refractivity (Wildman–Crippen MR) is 66.9 cm³/mol. The van der Waals surface area contributed by atoms with E-state index in [0.717, 1.165) is 12.2 Å². The summed E-state index contributed by atoms with van der Waals surface area (Å²) in [4.78, 5) is 0. The first-order valence-electron chi connectivity index (χ1n) is 5.00. The van der Waals surface area contributed by atoms with E-state index in [1.807, 2.05) is 30.0 Å². The second-order valence-electron chi connectivity index (χ2n) is 3.07. The third-order valence-corrected chi connectivity index (χ3v) is 2.45. The second kappa shape index (κ2) is 8.40. The lowest BCUT2D eigenvalue weighted by atomic mass is 10.2. The van der Waals surface area contributed by atoms with Gasteiger partial charge in [-0.1, -0.05) is 42.2 Å². The lowest BCUT2D eigenvalue weighted by molar-refractivity contribution is 0.153. The van der Waals surface area contributed by atoms with Gasteiger partial charge in [-0.2, -0.15) is 11.8 Å². The quantitative estimate of drug-likeness (QED) is 0.557. The molecule has 0 amide bonds. The van der Waals surface area contributed by atoms with Crippen molar-refractivity contribution >= 4 is 11.8 Å². The van der Waals surface area contributed by atoms with Gasteiger partial charge in [0, 0.05) is 12.2 Å². The van der Waals surface area contributed by atoms with Crippen LogP contribution in [0.25, 0.3) is 0 Å². The van der Waals surface area contributed by atoms with Gasteiger partial charge in [-0.3, -0.25) is 0 Å². The molecule has 1 aromatic carbocycles. The zero-order valence-corrected chi connectivity index (χ0v) is 9.85. The van der Waals surface area contributed by atoms with Crippen LogP contribution in [0.1, 0.15) is 12.0 Å². The first kappa shape index (κ1) is 12.2. The molecule has 0 bridgehead atoms. The number of benzene rings is 1. The van der Waals surface area contributed by atoms with Crippen molar-refractivity contribution in [1.29, 1.82) is 0 Å². The van der Waals surface area contributed by atoms with Gasteiger partial charge in [0.05, 0.1) is 6.61 Å². The van der Waals surface area contributed by atoms with Crippen molar-refractivity contribution in [1.82, 2.24) is 0 Å². The SMILES string of the molecule is CSCCC#CCOCc1ccccc1. The zero-order chi connectivity index (χ0) is 10.8. The Morgan fingerprint density at radius 1 is 1.20 bits per heavy atom. The van der Waals surface area contributed by atoms with E-state index < -0.39 is 0 Å². The molecule has 0 heterocycles. The summed E-state index contributed by atoms with van der Waals surface area (Å²) in [7, 11) is 0. The highest BCUT2D eigenvalue weighted by atomic mass is 32.2. The van der Waals surface area contributed by atoms with Crippen molar-refractivity contribution in [2.75, 3.05) is 18.6 Å². The fourth-order valence-electron chi connectivity index (χ4n) is 1.09. The van der Waals surface area contributed by atoms with Gasteiger partial charge in [0.1, 0.15) is 6.61 Å². The highest BCUT2D eigenvalue weighted by Crippen LogP contribution is 1.99. The normalized spacial score (nSPS) is 9.40. The van der Waals surface area contributed by atoms with Crippen LogP contribution < -0.4 is 0 Å². The highest BCUT2D eigenvalue weighted by molar-refractivity contribution is 7.98. The second-order valence-corrected chi connectivity index (χ2v) is 4.06. The predicted octanol–water partition coefficient (Wildman–Crippen LogP) is 2.96. The maximum atomic E-state index is 5.42. The van der Waals surface area contributed by atoms with Crippen LogP contribution in [0.2, 0.25) is 0 Å². The summed E-state index contributed by atoms with van der Waals surface area (Å²) in [6.07, 6.45) is 3.05. The average Bonchev–Trinajstić information content (AvgIpc) is 2.29. The van der Waals surface area contributed by atoms with Crippen LogP contribution >= 0.6 is 11.8 Å². The molecule has 1 rings (SSSR count). The van der Waals surface area contributed by atoms with Crippen LogP contribution in [0.15, 0.2) is 30.3 Å². The largest absolute Gasteiger partial charge is 0.364 e. The van der Waals surface area contributed by atoms with Gasteiger partial charge < -0.3 is 4.74 Å². The van der Waals surface area contributed by atoms with Crippen molar-refractivity contribution in [3.8, 4) is 11.8 Å². The van der Waals surface area contributed by atoms with Gasteiger partial charge in [0.25, 0.3) is 0 Å². The van der Waals surface area contributed by atoms with Crippen LogP contribution in [0, 0.1) is 11.8 Å². The highest BCUT2D eigenvalue weighted by Gasteiger charge is 1.88. The third-order valence-electron chi connectivity index (χ3n) is 1.84. The van der Waals surface area contributed by atoms with E-state index >= 15 is 0 Å². The molecule has 0 fully saturated rings. The van der Waals surface area contributed by atoms with Crippen LogP contribution in [0.5, 0.6) is 0 Å². The molecular weight excluding hydrogens is 204 g/mol. The van der Waals surface area contributed by atoms with Gasteiger partial charge in [0.2, 0.25) is 0 Å². The van der Waals surface area contributed by atoms with E-state index in [1.165, 1.54) is 5.56 Å². The van der Waals surface area contributed by atoms with Crippen LogP contribution in [0.4, 0.5) is 0 Å². The molecule has 1 aromatic rings. The first-order valence-corrected chi connectivity index (χ1v) is 6.39. The van der Waals surface area contributed by atoms with E-state index in [-0.39, 0.29) is 0 Å². The Hall–Kier alpha value is -0.910. The molecule has 80 valence electrons. The van der Waals surface area contributed by atoms with E-state index in [9.17, 15) is 0 Å². The van der Waals surface area contributed by atoms with E-state index in [1.54, 1.807) is 0 Å². The zero-order valence-electron chi connectivity index (χ0n) is 9.03. The summed E-state index contributed by atoms with van der Waals surface area (Å²) in [5, 5.41) is 0. The Labute approximate surface area is 96.2 Å². The molecule has 0 saturated heterocycles. The number of hydrogen-bond donors (Lipinski definition) is 0. The number of rotatable bonds is 5. The monoisotopic (exact) mass is 220 g/mol. The molecule has 15 heavy (non-hydrogen) atoms. The minimum absolute atomic E-state index is 0.531. The fraction of sp³-hybridized carbons (Fsp3) is 0.385. The summed E-state index contributed by atoms with van der Waals surface area (Å²) < 4.78 is 5.42. The Balaban J connectivity index is 2.08. The summed E-state index contributed by atoms with van der Waals surface area (Å²) in [6, 6.07) is 10.2. The van der Waals surface area contributed by atoms with Crippen LogP contribution in [-0.2, 0) is 11.3 Å². The lowest BCUT2D eigenvalue weighted by Gasteiger charge is -1.99. The Morgan fingerprint density at radius 3 is 2.73 bits per heavy atom. The molecule has 1 nitrogen and oxygen atoms in total. The molecule has 0 aromatic heterocycles. The van der Waals surface area contributed by atoms with Crippen molar-refractivity contribution in [2.24, 2.45) is 0 Å². The summed E-state index contributed by atoms with van der Waals surface area (Å²) >= 11 is 1.82. The summed E-state index contributed by atoms with van der Waals surface area (Å²) in [5.74, 6) is 7.18. The van der Waals surface area contributed by atoms with Gasteiger partial charge in [0.15, 0.2) is 0 Å². The maximum absolute atomic E-state index is 5.42. The minimum atomic E-state index is 0.531. The number of ether oxygens (including phenoxy) is 1. The van der Waals surface area contributed by atoms with Crippen molar-refractivity contribution < 1.29 is 4.74 Å². The van der Waals surface area contributed by atoms with Crippen molar-refractivity contribution in [3.05, 3.63) is 35.9 Å². The van der Waals surface area contributed by atoms with E-state index in [0.29, 0.717) is 13.2 Å². The molecule has 0 aliphatic rings. The molecular formula is C13H16OS. The smallest absolute Gasteiger partial charge is 0.108 e. The summed E-state index contributed by atoms with van der Waals surface area (Å²) in [6.45, 7) is 1.18. The topological polar surface area (TPSA) is 9.23 Å². The van der Waals surface area contributed by atoms with Gasteiger partial charge in [-0.15, -0.1) is 0 Å². The average molecular weight is 220 g/mol. The Kier molecular flexibility index (Phi) is 6.81. The maximum Gasteiger partial charge on any atom is 0.108 e. The number of hydrogen-bond acceptors (Lipinski definition) is 2. The van der Waals surface area contributed by atoms with Crippen molar-refractivity contribution in [2.45, 2.75) is 13.0 Å². The lowest BCUT2D eigenvalue weighted by Crippen LogP contribution is -1.92. The fourth-order valence-corrected chi connectivity index (χ4v) is 1.39. The molecule has 0 N–H and O–H groups in total. The third kappa shape index (κ3) is 6.22. The molecule has 0 unspecified atom stereocenters. The Morgan fingerprint density at radius 2 is 2.00 bits per heavy atom. The van der Waals surface area contributed by atoms with E-state index in [4.69, 9.17) is 4.74 Å². The minimum Gasteiger partial charge on any atom is -0.364 e. The van der Waals surface area contributed by atoms with Gasteiger partial charge >= 0.3 is 0 Å². The molecule has 0 aliphatic carbocycles. The van der Waals surface area contributed by atoms with Crippen LogP contribution in [0.3, 0.4) is 0 Å². The molecule has 0 saturated carbocycles. The molecule has 0 radical (unpaired) electrons. The number of thioether (sulfide) groups is 1. The standard InChI is InChI=1S/C13H16OS/c1-15-11-7-3-6-10-14-12-13-8-4-2-5-9-13/h2,4-5,8-9H,7,10-12H2,1H3. The Bertz CT molecular complexity index is 310. The molecule has 0 atom stereocenters. The molecule has 0 aliphatic heterocycles. The molecule has 0 spiro atoms. The van der Waals surface area contributed by atoms with Crippen LogP contribution in [-0.4, -0.2) is 18.6 Å².